The number of benzene rings is 1. The van der Waals surface area contributed by atoms with E-state index in [0.29, 0.717) is 12.5 Å². The van der Waals surface area contributed by atoms with Gasteiger partial charge in [-0.2, -0.15) is 5.10 Å². The molecule has 1 aliphatic rings. The Hall–Kier alpha value is -4.24. The second-order valence-corrected chi connectivity index (χ2v) is 9.48. The van der Waals surface area contributed by atoms with Gasteiger partial charge in [-0.05, 0) is 49.0 Å². The van der Waals surface area contributed by atoms with Gasteiger partial charge in [-0.15, -0.1) is 0 Å². The maximum atomic E-state index is 6.07. The van der Waals surface area contributed by atoms with Crippen molar-refractivity contribution in [1.29, 1.82) is 0 Å². The molecule has 0 unspecified atom stereocenters. The third-order valence-corrected chi connectivity index (χ3v) is 6.82. The Bertz CT molecular complexity index is 1480. The highest BCUT2D eigenvalue weighted by Crippen LogP contribution is 2.24. The molecule has 0 aliphatic carbocycles. The largest absolute Gasteiger partial charge is 0.493 e. The van der Waals surface area contributed by atoms with Gasteiger partial charge in [0.05, 0.1) is 30.4 Å². The van der Waals surface area contributed by atoms with Crippen LogP contribution in [0.15, 0.2) is 73.6 Å². The summed E-state index contributed by atoms with van der Waals surface area (Å²) in [5.41, 5.74) is 5.97. The van der Waals surface area contributed by atoms with Crippen molar-refractivity contribution in [2.45, 2.75) is 19.4 Å². The maximum absolute atomic E-state index is 6.07. The van der Waals surface area contributed by atoms with Crippen LogP contribution in [0.5, 0.6) is 5.75 Å². The van der Waals surface area contributed by atoms with E-state index >= 15 is 0 Å². The lowest BCUT2D eigenvalue weighted by Crippen LogP contribution is -2.30. The van der Waals surface area contributed by atoms with Crippen molar-refractivity contribution >= 4 is 11.5 Å². The molecular formula is C28H30N8O. The number of aryl methyl sites for hydroxylation is 1. The molecule has 2 N–H and O–H groups in total. The number of aromatic nitrogens is 6. The molecule has 37 heavy (non-hydrogen) atoms. The summed E-state index contributed by atoms with van der Waals surface area (Å²) < 4.78 is 9.91. The molecule has 4 aromatic heterocycles. The van der Waals surface area contributed by atoms with Gasteiger partial charge in [0.15, 0.2) is 0 Å². The minimum absolute atomic E-state index is 0.610. The van der Waals surface area contributed by atoms with Crippen molar-refractivity contribution in [3.8, 4) is 28.3 Å². The summed E-state index contributed by atoms with van der Waals surface area (Å²) in [6, 6.07) is 14.4. The minimum Gasteiger partial charge on any atom is -0.493 e. The molecule has 1 aliphatic heterocycles. The number of hydrogen-bond donors (Lipinski definition) is 2. The van der Waals surface area contributed by atoms with E-state index in [1.165, 1.54) is 5.56 Å². The lowest BCUT2D eigenvalue weighted by molar-refractivity contribution is 0.215. The Labute approximate surface area is 215 Å². The average Bonchev–Trinajstić information content (AvgIpc) is 3.58. The Morgan fingerprint density at radius 2 is 1.86 bits per heavy atom. The third-order valence-electron chi connectivity index (χ3n) is 6.82. The van der Waals surface area contributed by atoms with E-state index in [0.717, 1.165) is 72.3 Å². The summed E-state index contributed by atoms with van der Waals surface area (Å²) in [5.74, 6) is 2.22. The van der Waals surface area contributed by atoms with Gasteiger partial charge in [-0.25, -0.2) is 15.0 Å². The summed E-state index contributed by atoms with van der Waals surface area (Å²) in [6.45, 7) is 3.56. The van der Waals surface area contributed by atoms with Gasteiger partial charge in [0.2, 0.25) is 0 Å². The molecule has 0 radical (unpaired) electrons. The van der Waals surface area contributed by atoms with Crippen LogP contribution in [0.2, 0.25) is 0 Å². The monoisotopic (exact) mass is 494 g/mol. The van der Waals surface area contributed by atoms with Crippen LogP contribution < -0.4 is 15.4 Å². The fraction of sp³-hybridized carbons (Fsp3) is 0.286. The van der Waals surface area contributed by atoms with Crippen molar-refractivity contribution in [2.75, 3.05) is 25.0 Å². The molecule has 0 bridgehead atoms. The zero-order chi connectivity index (χ0) is 25.0. The number of anilines is 1. The quantitative estimate of drug-likeness (QED) is 0.334. The maximum Gasteiger partial charge on any atom is 0.140 e. The van der Waals surface area contributed by atoms with E-state index in [4.69, 9.17) is 4.74 Å². The Morgan fingerprint density at radius 3 is 2.68 bits per heavy atom. The van der Waals surface area contributed by atoms with Crippen molar-refractivity contribution in [3.05, 3.63) is 79.1 Å². The van der Waals surface area contributed by atoms with E-state index in [1.807, 2.05) is 59.1 Å². The molecule has 6 rings (SSSR count). The van der Waals surface area contributed by atoms with Crippen molar-refractivity contribution in [2.24, 2.45) is 13.0 Å². The van der Waals surface area contributed by atoms with E-state index < -0.39 is 0 Å². The third kappa shape index (κ3) is 5.31. The summed E-state index contributed by atoms with van der Waals surface area (Å²) in [5, 5.41) is 11.1. The molecule has 5 aromatic rings. The highest BCUT2D eigenvalue weighted by Gasteiger charge is 2.14. The van der Waals surface area contributed by atoms with Crippen LogP contribution >= 0.6 is 0 Å². The van der Waals surface area contributed by atoms with Gasteiger partial charge < -0.3 is 15.4 Å². The molecule has 9 heteroatoms. The highest BCUT2D eigenvalue weighted by atomic mass is 16.5. The predicted octanol–water partition coefficient (Wildman–Crippen LogP) is 4.18. The Morgan fingerprint density at radius 1 is 1.00 bits per heavy atom. The van der Waals surface area contributed by atoms with Gasteiger partial charge >= 0.3 is 0 Å². The van der Waals surface area contributed by atoms with Crippen molar-refractivity contribution < 1.29 is 4.74 Å². The van der Waals surface area contributed by atoms with E-state index in [2.05, 4.69) is 54.9 Å². The first-order valence-electron chi connectivity index (χ1n) is 12.7. The van der Waals surface area contributed by atoms with E-state index in [-0.39, 0.29) is 0 Å². The molecular weight excluding hydrogens is 464 g/mol. The second-order valence-electron chi connectivity index (χ2n) is 9.48. The minimum atomic E-state index is 0.610. The lowest BCUT2D eigenvalue weighted by atomic mass is 9.99. The summed E-state index contributed by atoms with van der Waals surface area (Å²) in [6.07, 6.45) is 11.6. The Balaban J connectivity index is 1.12. The number of rotatable bonds is 8. The van der Waals surface area contributed by atoms with Crippen LogP contribution in [0.4, 0.5) is 5.82 Å². The first kappa shape index (κ1) is 23.2. The molecule has 1 saturated heterocycles. The molecule has 0 saturated carbocycles. The Kier molecular flexibility index (Phi) is 6.51. The number of nitrogens with one attached hydrogen (secondary N) is 2. The molecule has 5 heterocycles. The van der Waals surface area contributed by atoms with Gasteiger partial charge in [-0.1, -0.05) is 24.3 Å². The normalized spacial score (nSPS) is 14.2. The second kappa shape index (κ2) is 10.4. The molecule has 9 nitrogen and oxygen atoms in total. The fourth-order valence-electron chi connectivity index (χ4n) is 4.68. The van der Waals surface area contributed by atoms with E-state index in [1.54, 1.807) is 6.33 Å². The van der Waals surface area contributed by atoms with Crippen LogP contribution in [0.1, 0.15) is 18.4 Å². The standard InChI is InChI=1S/C28H30N8O/c1-35-17-23(15-34-35)22-4-2-20(3-5-22)14-30-27-13-25(32-19-33-27)26-16-31-28-12-24(8-11-36(26)28)37-18-21-6-9-29-10-7-21/h2-5,8,11-13,15-17,19,21,29H,6-7,9-10,14,18H2,1H3,(H,30,32,33). The van der Waals surface area contributed by atoms with Crippen LogP contribution in [-0.2, 0) is 13.6 Å². The number of pyridine rings is 1. The summed E-state index contributed by atoms with van der Waals surface area (Å²) >= 11 is 0. The van der Waals surface area contributed by atoms with Crippen LogP contribution in [-0.4, -0.2) is 48.8 Å². The molecule has 0 atom stereocenters. The van der Waals surface area contributed by atoms with Gasteiger partial charge in [0, 0.05) is 43.7 Å². The highest BCUT2D eigenvalue weighted by molar-refractivity contribution is 5.64. The fourth-order valence-corrected chi connectivity index (χ4v) is 4.68. The zero-order valence-electron chi connectivity index (χ0n) is 20.8. The molecule has 1 fully saturated rings. The van der Waals surface area contributed by atoms with Crippen LogP contribution in [0, 0.1) is 5.92 Å². The number of hydrogen-bond acceptors (Lipinski definition) is 7. The number of fused-ring (bicyclic) bond motifs is 1. The SMILES string of the molecule is Cn1cc(-c2ccc(CNc3cc(-c4cnc5cc(OCC6CCNCC6)ccn45)ncn3)cc2)cn1. The first-order valence-corrected chi connectivity index (χ1v) is 12.7. The lowest BCUT2D eigenvalue weighted by Gasteiger charge is -2.22. The number of piperidine rings is 1. The molecule has 0 spiro atoms. The number of imidazole rings is 1. The van der Waals surface area contributed by atoms with Crippen molar-refractivity contribution in [1.82, 2.24) is 34.4 Å². The summed E-state index contributed by atoms with van der Waals surface area (Å²) in [4.78, 5) is 13.5. The molecule has 1 aromatic carbocycles. The van der Waals surface area contributed by atoms with Gasteiger partial charge in [0.1, 0.15) is 23.5 Å². The van der Waals surface area contributed by atoms with Crippen LogP contribution in [0.25, 0.3) is 28.2 Å². The summed E-state index contributed by atoms with van der Waals surface area (Å²) in [7, 11) is 1.92. The average molecular weight is 495 g/mol. The predicted molar refractivity (Wildman–Crippen MR) is 143 cm³/mol. The van der Waals surface area contributed by atoms with Crippen molar-refractivity contribution in [3.63, 3.8) is 0 Å². The van der Waals surface area contributed by atoms with Crippen LogP contribution in [0.3, 0.4) is 0 Å². The van der Waals surface area contributed by atoms with E-state index in [9.17, 15) is 0 Å². The molecule has 188 valence electrons. The number of nitrogens with zero attached hydrogens (tertiary/aromatic N) is 6. The number of ether oxygens (including phenoxy) is 1. The smallest absolute Gasteiger partial charge is 0.140 e. The first-order chi connectivity index (χ1) is 18.2. The topological polar surface area (TPSA) is 94.2 Å². The van der Waals surface area contributed by atoms with Gasteiger partial charge in [0.25, 0.3) is 0 Å². The van der Waals surface area contributed by atoms with Gasteiger partial charge in [-0.3, -0.25) is 9.08 Å². The zero-order valence-corrected chi connectivity index (χ0v) is 20.8. The molecule has 0 amide bonds.